The monoisotopic (exact) mass is 328 g/mol. The summed E-state index contributed by atoms with van der Waals surface area (Å²) < 4.78 is 5.91. The molecule has 0 fully saturated rings. The van der Waals surface area contributed by atoms with E-state index in [0.29, 0.717) is 15.8 Å². The minimum atomic E-state index is -0.499. The quantitative estimate of drug-likeness (QED) is 0.698. The standard InChI is InChI=1S/C17H13ClN2OS/c1-17(2)14-5-3-4-6-15(14)20(16(22)21-17)13-8-11(10-19)7-12(18)9-13/h3-9H,1-2H3. The Labute approximate surface area is 139 Å². The van der Waals surface area contributed by atoms with Crippen LogP contribution in [0, 0.1) is 11.3 Å². The van der Waals surface area contributed by atoms with Gasteiger partial charge in [-0.2, -0.15) is 5.26 Å². The molecule has 0 bridgehead atoms. The third-order valence-electron chi connectivity index (χ3n) is 3.59. The maximum atomic E-state index is 9.14. The fourth-order valence-electron chi connectivity index (χ4n) is 2.61. The van der Waals surface area contributed by atoms with E-state index in [9.17, 15) is 0 Å². The first-order valence-electron chi connectivity index (χ1n) is 6.76. The summed E-state index contributed by atoms with van der Waals surface area (Å²) in [5.41, 5.74) is 2.67. The molecule has 22 heavy (non-hydrogen) atoms. The summed E-state index contributed by atoms with van der Waals surface area (Å²) in [6.07, 6.45) is 0. The third kappa shape index (κ3) is 2.43. The van der Waals surface area contributed by atoms with Crippen molar-refractivity contribution in [2.75, 3.05) is 4.90 Å². The number of hydrogen-bond donors (Lipinski definition) is 0. The van der Waals surface area contributed by atoms with Gasteiger partial charge in [0.15, 0.2) is 0 Å². The molecule has 1 heterocycles. The van der Waals surface area contributed by atoms with Crippen molar-refractivity contribution in [2.45, 2.75) is 19.4 Å². The lowest BCUT2D eigenvalue weighted by atomic mass is 9.94. The number of ether oxygens (including phenoxy) is 1. The second-order valence-electron chi connectivity index (χ2n) is 5.54. The molecule has 0 aromatic heterocycles. The topological polar surface area (TPSA) is 36.3 Å². The largest absolute Gasteiger partial charge is 0.459 e. The van der Waals surface area contributed by atoms with Crippen LogP contribution in [-0.4, -0.2) is 5.17 Å². The van der Waals surface area contributed by atoms with Gasteiger partial charge in [0, 0.05) is 10.6 Å². The first-order chi connectivity index (χ1) is 10.4. The van der Waals surface area contributed by atoms with E-state index in [1.165, 1.54) is 0 Å². The zero-order chi connectivity index (χ0) is 15.9. The summed E-state index contributed by atoms with van der Waals surface area (Å²) >= 11 is 11.6. The lowest BCUT2D eigenvalue weighted by Crippen LogP contribution is -2.40. The number of anilines is 2. The molecule has 0 saturated carbocycles. The Morgan fingerprint density at radius 3 is 2.68 bits per heavy atom. The van der Waals surface area contributed by atoms with E-state index < -0.39 is 5.60 Å². The van der Waals surface area contributed by atoms with Crippen molar-refractivity contribution in [1.82, 2.24) is 0 Å². The molecule has 0 atom stereocenters. The van der Waals surface area contributed by atoms with Crippen LogP contribution in [0.25, 0.3) is 0 Å². The molecule has 0 aliphatic carbocycles. The van der Waals surface area contributed by atoms with Gasteiger partial charge in [-0.25, -0.2) is 0 Å². The fourth-order valence-corrected chi connectivity index (χ4v) is 3.25. The van der Waals surface area contributed by atoms with Gasteiger partial charge in [0.1, 0.15) is 5.60 Å². The Kier molecular flexibility index (Phi) is 3.56. The number of nitrogens with zero attached hydrogens (tertiary/aromatic N) is 2. The highest BCUT2D eigenvalue weighted by Gasteiger charge is 2.36. The Bertz CT molecular complexity index is 811. The summed E-state index contributed by atoms with van der Waals surface area (Å²) in [6, 6.07) is 15.2. The minimum absolute atomic E-state index is 0.342. The van der Waals surface area contributed by atoms with Crippen molar-refractivity contribution < 1.29 is 4.74 Å². The molecule has 0 unspecified atom stereocenters. The average Bonchev–Trinajstić information content (AvgIpc) is 2.46. The van der Waals surface area contributed by atoms with Crippen molar-refractivity contribution in [2.24, 2.45) is 0 Å². The van der Waals surface area contributed by atoms with Crippen LogP contribution in [0.15, 0.2) is 42.5 Å². The van der Waals surface area contributed by atoms with E-state index in [1.54, 1.807) is 18.2 Å². The SMILES string of the molecule is CC1(C)OC(=S)N(c2cc(Cl)cc(C#N)c2)c2ccccc21. The average molecular weight is 329 g/mol. The molecular weight excluding hydrogens is 316 g/mol. The molecule has 0 radical (unpaired) electrons. The van der Waals surface area contributed by atoms with Crippen molar-refractivity contribution in [3.63, 3.8) is 0 Å². The van der Waals surface area contributed by atoms with E-state index in [-0.39, 0.29) is 0 Å². The summed E-state index contributed by atoms with van der Waals surface area (Å²) in [4.78, 5) is 1.81. The highest BCUT2D eigenvalue weighted by Crippen LogP contribution is 2.42. The van der Waals surface area contributed by atoms with Crippen LogP contribution >= 0.6 is 23.8 Å². The molecule has 5 heteroatoms. The molecule has 3 rings (SSSR count). The van der Waals surface area contributed by atoms with E-state index in [4.69, 9.17) is 33.8 Å². The highest BCUT2D eigenvalue weighted by molar-refractivity contribution is 7.80. The number of halogens is 1. The fraction of sp³-hybridized carbons (Fsp3) is 0.176. The summed E-state index contributed by atoms with van der Waals surface area (Å²) in [5.74, 6) is 0. The summed E-state index contributed by atoms with van der Waals surface area (Å²) in [7, 11) is 0. The lowest BCUT2D eigenvalue weighted by Gasteiger charge is -2.40. The second-order valence-corrected chi connectivity index (χ2v) is 6.33. The molecule has 2 aromatic rings. The highest BCUT2D eigenvalue weighted by atomic mass is 35.5. The molecular formula is C17H13ClN2OS. The predicted octanol–water partition coefficient (Wildman–Crippen LogP) is 4.90. The smallest absolute Gasteiger partial charge is 0.269 e. The number of rotatable bonds is 1. The zero-order valence-corrected chi connectivity index (χ0v) is 13.7. The van der Waals surface area contributed by atoms with Gasteiger partial charge >= 0.3 is 0 Å². The summed E-state index contributed by atoms with van der Waals surface area (Å²) in [5, 5.41) is 9.97. The van der Waals surface area contributed by atoms with Crippen molar-refractivity contribution in [1.29, 1.82) is 5.26 Å². The maximum Gasteiger partial charge on any atom is 0.269 e. The molecule has 110 valence electrons. The number of benzene rings is 2. The van der Waals surface area contributed by atoms with Gasteiger partial charge in [-0.1, -0.05) is 29.8 Å². The minimum Gasteiger partial charge on any atom is -0.459 e. The molecule has 0 N–H and O–H groups in total. The Morgan fingerprint density at radius 1 is 1.23 bits per heavy atom. The number of para-hydroxylation sites is 1. The normalized spacial score (nSPS) is 15.7. The van der Waals surface area contributed by atoms with Crippen LogP contribution in [-0.2, 0) is 10.3 Å². The molecule has 2 aromatic carbocycles. The Hall–Kier alpha value is -2.09. The van der Waals surface area contributed by atoms with Crippen LogP contribution < -0.4 is 4.90 Å². The van der Waals surface area contributed by atoms with E-state index in [1.807, 2.05) is 43.0 Å². The number of nitriles is 1. The predicted molar refractivity (Wildman–Crippen MR) is 91.5 cm³/mol. The van der Waals surface area contributed by atoms with E-state index in [2.05, 4.69) is 6.07 Å². The molecule has 0 saturated heterocycles. The van der Waals surface area contributed by atoms with Crippen molar-refractivity contribution in [3.05, 3.63) is 58.6 Å². The van der Waals surface area contributed by atoms with Crippen LogP contribution in [0.1, 0.15) is 25.0 Å². The zero-order valence-electron chi connectivity index (χ0n) is 12.1. The molecule has 1 aliphatic heterocycles. The second kappa shape index (κ2) is 5.28. The lowest BCUT2D eigenvalue weighted by molar-refractivity contribution is 0.0912. The van der Waals surface area contributed by atoms with Crippen molar-refractivity contribution >= 4 is 40.4 Å². The van der Waals surface area contributed by atoms with Gasteiger partial charge in [0.25, 0.3) is 5.17 Å². The third-order valence-corrected chi connectivity index (χ3v) is 4.07. The van der Waals surface area contributed by atoms with Crippen LogP contribution in [0.5, 0.6) is 0 Å². The number of thiocarbonyl (C=S) groups is 1. The van der Waals surface area contributed by atoms with Crippen LogP contribution in [0.4, 0.5) is 11.4 Å². The number of hydrogen-bond acceptors (Lipinski definition) is 3. The first kappa shape index (κ1) is 14.8. The van der Waals surface area contributed by atoms with Gasteiger partial charge in [-0.3, -0.25) is 4.90 Å². The van der Waals surface area contributed by atoms with Crippen LogP contribution in [0.3, 0.4) is 0 Å². The molecule has 3 nitrogen and oxygen atoms in total. The Balaban J connectivity index is 2.21. The Morgan fingerprint density at radius 2 is 1.95 bits per heavy atom. The molecule has 0 spiro atoms. The van der Waals surface area contributed by atoms with Gasteiger partial charge in [-0.15, -0.1) is 0 Å². The van der Waals surface area contributed by atoms with Gasteiger partial charge in [0.2, 0.25) is 0 Å². The van der Waals surface area contributed by atoms with Crippen LogP contribution in [0.2, 0.25) is 5.02 Å². The maximum absolute atomic E-state index is 9.14. The first-order valence-corrected chi connectivity index (χ1v) is 7.54. The molecule has 0 amide bonds. The van der Waals surface area contributed by atoms with Crippen molar-refractivity contribution in [3.8, 4) is 6.07 Å². The summed E-state index contributed by atoms with van der Waals surface area (Å²) in [6.45, 7) is 3.96. The van der Waals surface area contributed by atoms with Gasteiger partial charge in [0.05, 0.1) is 23.0 Å². The molecule has 1 aliphatic rings. The van der Waals surface area contributed by atoms with E-state index >= 15 is 0 Å². The van der Waals surface area contributed by atoms with E-state index in [0.717, 1.165) is 16.9 Å². The van der Waals surface area contributed by atoms with Gasteiger partial charge in [-0.05, 0) is 50.3 Å². The number of fused-ring (bicyclic) bond motifs is 1. The van der Waals surface area contributed by atoms with Gasteiger partial charge < -0.3 is 4.74 Å².